The van der Waals surface area contributed by atoms with Crippen LogP contribution in [0, 0.1) is 10.1 Å². The van der Waals surface area contributed by atoms with Gasteiger partial charge in [0.2, 0.25) is 0 Å². The van der Waals surface area contributed by atoms with Gasteiger partial charge in [0.1, 0.15) is 16.8 Å². The molecule has 44 heavy (non-hydrogen) atoms. The summed E-state index contributed by atoms with van der Waals surface area (Å²) < 4.78 is 93.2. The molecule has 2 heterocycles. The molecule has 1 aromatic heterocycles. The van der Waals surface area contributed by atoms with Crippen LogP contribution in [-0.4, -0.2) is 72.0 Å². The molecule has 2 fully saturated rings. The number of alkyl halides is 6. The SMILES string of the molecule is O=CC(OC1CCC(Nc2ccc([N+](=O)[O-])c(C(F)(F)F)c2)CC1)N1CCN(c2nc3cc(OC(F)(F)F)ccc3o2)CC1. The van der Waals surface area contributed by atoms with Crippen LogP contribution in [0.3, 0.4) is 0 Å². The number of nitrogens with one attached hydrogen (secondary N) is 1. The Balaban J connectivity index is 1.11. The maximum absolute atomic E-state index is 13.3. The van der Waals surface area contributed by atoms with Crippen molar-refractivity contribution in [3.8, 4) is 5.75 Å². The fourth-order valence-corrected chi connectivity index (χ4v) is 5.39. The number of fused-ring (bicyclic) bond motifs is 1. The van der Waals surface area contributed by atoms with Gasteiger partial charge in [0.15, 0.2) is 18.1 Å². The van der Waals surface area contributed by atoms with E-state index in [4.69, 9.17) is 9.15 Å². The second kappa shape index (κ2) is 12.5. The molecule has 238 valence electrons. The standard InChI is InChI=1S/C27H27F6N5O6/c28-26(29,30)20-13-17(3-7-22(20)38(40)41)34-16-1-4-18(5-2-16)42-24(15-39)36-9-11-37(12-10-36)25-35-21-14-19(44-27(31,32)33)6-8-23(21)43-25/h3,6-8,13-16,18,24,34H,1-2,4-5,9-12H2. The van der Waals surface area contributed by atoms with E-state index in [0.717, 1.165) is 24.3 Å². The molecule has 1 atom stereocenters. The predicted octanol–water partition coefficient (Wildman–Crippen LogP) is 5.74. The number of nitrogens with zero attached hydrogens (tertiary/aromatic N) is 4. The van der Waals surface area contributed by atoms with Crippen LogP contribution >= 0.6 is 0 Å². The molecule has 2 aliphatic rings. The Labute approximate surface area is 245 Å². The largest absolute Gasteiger partial charge is 0.573 e. The van der Waals surface area contributed by atoms with Crippen LogP contribution in [0.1, 0.15) is 31.2 Å². The number of hydrogen-bond donors (Lipinski definition) is 1. The Kier molecular flexibility index (Phi) is 8.88. The number of nitro groups is 1. The van der Waals surface area contributed by atoms with Crippen molar-refractivity contribution in [2.75, 3.05) is 36.4 Å². The molecule has 0 amide bonds. The fourth-order valence-electron chi connectivity index (χ4n) is 5.39. The summed E-state index contributed by atoms with van der Waals surface area (Å²) in [4.78, 5) is 29.8. The van der Waals surface area contributed by atoms with Crippen LogP contribution in [0.4, 0.5) is 43.7 Å². The van der Waals surface area contributed by atoms with Crippen LogP contribution in [-0.2, 0) is 15.7 Å². The summed E-state index contributed by atoms with van der Waals surface area (Å²) in [5, 5.41) is 14.0. The number of carbonyl (C=O) groups is 1. The number of oxazole rings is 1. The minimum Gasteiger partial charge on any atom is -0.423 e. The van der Waals surface area contributed by atoms with Crippen LogP contribution in [0.5, 0.6) is 5.75 Å². The molecule has 0 bridgehead atoms. The van der Waals surface area contributed by atoms with Crippen molar-refractivity contribution >= 4 is 34.8 Å². The molecule has 1 N–H and O–H groups in total. The average molecular weight is 632 g/mol. The third kappa shape index (κ3) is 7.50. The lowest BCUT2D eigenvalue weighted by Gasteiger charge is -2.38. The van der Waals surface area contributed by atoms with Gasteiger partial charge < -0.3 is 24.1 Å². The lowest BCUT2D eigenvalue weighted by Crippen LogP contribution is -2.52. The Hall–Kier alpha value is -4.12. The lowest BCUT2D eigenvalue weighted by molar-refractivity contribution is -0.388. The molecule has 1 aliphatic carbocycles. The Morgan fingerprint density at radius 1 is 1.02 bits per heavy atom. The maximum atomic E-state index is 13.3. The average Bonchev–Trinajstić information content (AvgIpc) is 3.39. The van der Waals surface area contributed by atoms with E-state index >= 15 is 0 Å². The molecular weight excluding hydrogens is 604 g/mol. The zero-order valence-corrected chi connectivity index (χ0v) is 22.9. The van der Waals surface area contributed by atoms with Crippen molar-refractivity contribution in [1.29, 1.82) is 0 Å². The highest BCUT2D eigenvalue weighted by molar-refractivity contribution is 5.76. The van der Waals surface area contributed by atoms with Gasteiger partial charge in [-0.05, 0) is 49.9 Å². The molecule has 2 aromatic carbocycles. The van der Waals surface area contributed by atoms with Crippen LogP contribution in [0.25, 0.3) is 11.1 Å². The number of nitro benzene ring substituents is 1. The first-order valence-electron chi connectivity index (χ1n) is 13.7. The molecule has 1 saturated heterocycles. The second-order valence-corrected chi connectivity index (χ2v) is 10.5. The van der Waals surface area contributed by atoms with E-state index < -0.39 is 40.7 Å². The van der Waals surface area contributed by atoms with Gasteiger partial charge in [-0.2, -0.15) is 18.2 Å². The van der Waals surface area contributed by atoms with Gasteiger partial charge in [-0.25, -0.2) is 0 Å². The number of anilines is 2. The minimum atomic E-state index is -4.87. The zero-order valence-electron chi connectivity index (χ0n) is 22.9. The number of rotatable bonds is 9. The number of aromatic nitrogens is 1. The monoisotopic (exact) mass is 631 g/mol. The van der Waals surface area contributed by atoms with Gasteiger partial charge in [-0.3, -0.25) is 19.8 Å². The van der Waals surface area contributed by atoms with Crippen LogP contribution in [0.2, 0.25) is 0 Å². The molecule has 3 aromatic rings. The normalized spacial score (nSPS) is 20.8. The third-order valence-corrected chi connectivity index (χ3v) is 7.52. The summed E-state index contributed by atoms with van der Waals surface area (Å²) in [6.07, 6.45) is -7.88. The topological polar surface area (TPSA) is 123 Å². The highest BCUT2D eigenvalue weighted by atomic mass is 19.4. The first-order valence-corrected chi connectivity index (χ1v) is 13.7. The first-order chi connectivity index (χ1) is 20.8. The molecule has 17 heteroatoms. The highest BCUT2D eigenvalue weighted by Gasteiger charge is 2.39. The predicted molar refractivity (Wildman–Crippen MR) is 143 cm³/mol. The molecule has 5 rings (SSSR count). The molecule has 1 aliphatic heterocycles. The van der Waals surface area contributed by atoms with Crippen molar-refractivity contribution in [2.24, 2.45) is 0 Å². The number of aldehydes is 1. The molecular formula is C27H27F6N5O6. The van der Waals surface area contributed by atoms with Crippen LogP contribution in [0.15, 0.2) is 40.8 Å². The Morgan fingerprint density at radius 3 is 2.34 bits per heavy atom. The lowest BCUT2D eigenvalue weighted by atomic mass is 9.92. The maximum Gasteiger partial charge on any atom is 0.573 e. The number of ether oxygens (including phenoxy) is 2. The van der Waals surface area contributed by atoms with Crippen molar-refractivity contribution in [3.63, 3.8) is 0 Å². The van der Waals surface area contributed by atoms with Crippen molar-refractivity contribution in [1.82, 2.24) is 9.88 Å². The first kappa shape index (κ1) is 31.3. The van der Waals surface area contributed by atoms with E-state index in [1.165, 1.54) is 12.1 Å². The Bertz CT molecular complexity index is 1480. The highest BCUT2D eigenvalue weighted by Crippen LogP contribution is 2.38. The van der Waals surface area contributed by atoms with Gasteiger partial charge >= 0.3 is 12.5 Å². The molecule has 11 nitrogen and oxygen atoms in total. The van der Waals surface area contributed by atoms with E-state index in [0.29, 0.717) is 63.7 Å². The quantitative estimate of drug-likeness (QED) is 0.135. The van der Waals surface area contributed by atoms with Crippen molar-refractivity contribution in [3.05, 3.63) is 52.1 Å². The van der Waals surface area contributed by atoms with Crippen molar-refractivity contribution in [2.45, 2.75) is 56.6 Å². The second-order valence-electron chi connectivity index (χ2n) is 10.5. The smallest absolute Gasteiger partial charge is 0.423 e. The number of piperazine rings is 1. The fraction of sp³-hybridized carbons (Fsp3) is 0.481. The minimum absolute atomic E-state index is 0.130. The van der Waals surface area contributed by atoms with E-state index in [-0.39, 0.29) is 29.4 Å². The van der Waals surface area contributed by atoms with Gasteiger partial charge in [0.05, 0.1) is 11.0 Å². The summed E-state index contributed by atoms with van der Waals surface area (Å²) in [5.41, 5.74) is -1.70. The third-order valence-electron chi connectivity index (χ3n) is 7.52. The van der Waals surface area contributed by atoms with Gasteiger partial charge in [0.25, 0.3) is 11.7 Å². The van der Waals surface area contributed by atoms with Gasteiger partial charge in [-0.1, -0.05) is 0 Å². The van der Waals surface area contributed by atoms with Crippen molar-refractivity contribution < 1.29 is 50.0 Å². The molecule has 0 spiro atoms. The summed E-state index contributed by atoms with van der Waals surface area (Å²) in [5.74, 6) is -0.410. The van der Waals surface area contributed by atoms with Crippen LogP contribution < -0.4 is 15.0 Å². The number of hydrogen-bond acceptors (Lipinski definition) is 10. The zero-order chi connectivity index (χ0) is 31.6. The summed E-state index contributed by atoms with van der Waals surface area (Å²) >= 11 is 0. The van der Waals surface area contributed by atoms with E-state index in [1.807, 2.05) is 9.80 Å². The van der Waals surface area contributed by atoms with E-state index in [2.05, 4.69) is 15.0 Å². The summed E-state index contributed by atoms with van der Waals surface area (Å²) in [7, 11) is 0. The number of carbonyl (C=O) groups excluding carboxylic acids is 1. The Morgan fingerprint density at radius 2 is 1.73 bits per heavy atom. The van der Waals surface area contributed by atoms with E-state index in [1.54, 1.807) is 0 Å². The molecule has 0 radical (unpaired) electrons. The molecule has 1 unspecified atom stereocenters. The van der Waals surface area contributed by atoms with Gasteiger partial charge in [-0.15, -0.1) is 13.2 Å². The van der Waals surface area contributed by atoms with E-state index in [9.17, 15) is 41.3 Å². The summed E-state index contributed by atoms with van der Waals surface area (Å²) in [6.45, 7) is 1.67. The number of benzene rings is 2. The summed E-state index contributed by atoms with van der Waals surface area (Å²) in [6, 6.07) is 6.49. The number of halogens is 6. The van der Waals surface area contributed by atoms with Gasteiger partial charge in [0, 0.05) is 50.0 Å². The molecule has 1 saturated carbocycles.